The Hall–Kier alpha value is -2.45. The molecule has 2 aromatic rings. The summed E-state index contributed by atoms with van der Waals surface area (Å²) in [6.45, 7) is 0.587. The number of anilines is 2. The Kier molecular flexibility index (Phi) is 3.57. The van der Waals surface area contributed by atoms with Crippen LogP contribution < -0.4 is 27.3 Å². The van der Waals surface area contributed by atoms with E-state index in [1.54, 1.807) is 6.20 Å². The first-order chi connectivity index (χ1) is 13.0. The number of hydrogen-bond acceptors (Lipinski definition) is 6. The molecule has 7 nitrogen and oxygen atoms in total. The molecule has 3 heterocycles. The van der Waals surface area contributed by atoms with Crippen molar-refractivity contribution in [2.45, 2.75) is 50.2 Å². The number of benzene rings is 1. The average Bonchev–Trinajstić information content (AvgIpc) is 3.42. The van der Waals surface area contributed by atoms with Crippen LogP contribution in [0.3, 0.4) is 0 Å². The van der Waals surface area contributed by atoms with Crippen molar-refractivity contribution in [1.29, 1.82) is 0 Å². The number of rotatable bonds is 3. The van der Waals surface area contributed by atoms with Crippen LogP contribution in [0, 0.1) is 5.82 Å². The largest absolute Gasteiger partial charge is 0.364 e. The summed E-state index contributed by atoms with van der Waals surface area (Å²) in [4.78, 5) is 26.4. The van der Waals surface area contributed by atoms with Crippen LogP contribution in [-0.4, -0.2) is 29.5 Å². The number of fused-ring (bicyclic) bond motifs is 5. The summed E-state index contributed by atoms with van der Waals surface area (Å²) in [6.07, 6.45) is 6.49. The molecule has 5 rings (SSSR count). The van der Waals surface area contributed by atoms with Gasteiger partial charge in [-0.25, -0.2) is 4.39 Å². The number of hydrazine groups is 1. The van der Waals surface area contributed by atoms with Crippen LogP contribution in [0.15, 0.2) is 11.0 Å². The first kappa shape index (κ1) is 16.7. The molecular formula is C19H22FN5O2. The summed E-state index contributed by atoms with van der Waals surface area (Å²) in [7, 11) is 0. The van der Waals surface area contributed by atoms with Crippen LogP contribution in [0.5, 0.6) is 0 Å². The summed E-state index contributed by atoms with van der Waals surface area (Å²) in [5, 5.41) is 0.173. The van der Waals surface area contributed by atoms with Crippen molar-refractivity contribution < 1.29 is 9.18 Å². The third-order valence-electron chi connectivity index (χ3n) is 6.18. The molecule has 2 aliphatic heterocycles. The van der Waals surface area contributed by atoms with Crippen molar-refractivity contribution in [2.24, 2.45) is 11.6 Å². The highest BCUT2D eigenvalue weighted by Gasteiger charge is 2.39. The van der Waals surface area contributed by atoms with Gasteiger partial charge >= 0.3 is 0 Å². The Balaban J connectivity index is 1.92. The zero-order chi connectivity index (χ0) is 18.9. The van der Waals surface area contributed by atoms with Crippen LogP contribution in [0.4, 0.5) is 15.8 Å². The minimum Gasteiger partial charge on any atom is -0.364 e. The third kappa shape index (κ3) is 2.26. The van der Waals surface area contributed by atoms with E-state index in [-0.39, 0.29) is 34.8 Å². The van der Waals surface area contributed by atoms with E-state index in [1.165, 1.54) is 0 Å². The highest BCUT2D eigenvalue weighted by molar-refractivity contribution is 6.01. The van der Waals surface area contributed by atoms with Gasteiger partial charge in [-0.2, -0.15) is 0 Å². The van der Waals surface area contributed by atoms with Gasteiger partial charge in [0.1, 0.15) is 5.69 Å². The van der Waals surface area contributed by atoms with E-state index in [9.17, 15) is 9.59 Å². The number of nitrogen functional groups attached to an aromatic ring is 1. The number of pyridine rings is 1. The molecule has 1 aromatic carbocycles. The van der Waals surface area contributed by atoms with Crippen molar-refractivity contribution in [3.8, 4) is 0 Å². The molecule has 1 saturated carbocycles. The highest BCUT2D eigenvalue weighted by Crippen LogP contribution is 2.46. The molecule has 3 aliphatic rings. The maximum Gasteiger partial charge on any atom is 0.202 e. The number of nitrogens with one attached hydrogen (secondary N) is 1. The zero-order valence-corrected chi connectivity index (χ0v) is 14.9. The van der Waals surface area contributed by atoms with E-state index < -0.39 is 11.2 Å². The SMILES string of the molecule is NNc1c(F)c2c(c3c1c(=O)c(C=O)cn3C1CC1)CCC1CC(N)CN21. The summed E-state index contributed by atoms with van der Waals surface area (Å²) in [6, 6.07) is 0.444. The molecular weight excluding hydrogens is 349 g/mol. The first-order valence-corrected chi connectivity index (χ1v) is 9.42. The molecule has 1 saturated heterocycles. The summed E-state index contributed by atoms with van der Waals surface area (Å²) >= 11 is 0. The molecule has 0 amide bonds. The Morgan fingerprint density at radius 2 is 2.04 bits per heavy atom. The number of nitrogens with two attached hydrogens (primary N) is 2. The van der Waals surface area contributed by atoms with Gasteiger partial charge in [0.15, 0.2) is 12.1 Å². The fourth-order valence-electron chi connectivity index (χ4n) is 4.87. The maximum atomic E-state index is 15.6. The summed E-state index contributed by atoms with van der Waals surface area (Å²) in [5.74, 6) is 5.12. The van der Waals surface area contributed by atoms with Gasteiger partial charge in [0.2, 0.25) is 5.43 Å². The van der Waals surface area contributed by atoms with Crippen LogP contribution >= 0.6 is 0 Å². The molecule has 2 atom stereocenters. The number of carbonyl (C=O) groups is 1. The van der Waals surface area contributed by atoms with Crippen molar-refractivity contribution in [3.63, 3.8) is 0 Å². The van der Waals surface area contributed by atoms with Gasteiger partial charge in [0.05, 0.1) is 22.2 Å². The second-order valence-corrected chi connectivity index (χ2v) is 7.89. The molecule has 0 radical (unpaired) electrons. The van der Waals surface area contributed by atoms with Gasteiger partial charge < -0.3 is 20.6 Å². The molecule has 2 fully saturated rings. The Morgan fingerprint density at radius 1 is 1.26 bits per heavy atom. The van der Waals surface area contributed by atoms with Gasteiger partial charge in [-0.1, -0.05) is 0 Å². The third-order valence-corrected chi connectivity index (χ3v) is 6.18. The quantitative estimate of drug-likeness (QED) is 0.428. The fourth-order valence-corrected chi connectivity index (χ4v) is 4.87. The van der Waals surface area contributed by atoms with Crippen molar-refractivity contribution in [3.05, 3.63) is 33.4 Å². The fraction of sp³-hybridized carbons (Fsp3) is 0.474. The lowest BCUT2D eigenvalue weighted by atomic mass is 9.92. The number of carbonyl (C=O) groups excluding carboxylic acids is 1. The highest BCUT2D eigenvalue weighted by atomic mass is 19.1. The Labute approximate surface area is 155 Å². The molecule has 142 valence electrons. The second-order valence-electron chi connectivity index (χ2n) is 7.89. The standard InChI is InChI=1S/C19H22FN5O2/c20-15-16(23-22)14-17(24(11-1-2-11)6-9(8-26)19(14)27)13-4-3-12-5-10(21)7-25(12)18(13)15/h6,8,10-12,23H,1-5,7,21-22H2. The molecule has 5 N–H and O–H groups in total. The topological polar surface area (TPSA) is 106 Å². The van der Waals surface area contributed by atoms with Crippen LogP contribution in [0.2, 0.25) is 0 Å². The van der Waals surface area contributed by atoms with Gasteiger partial charge in [0.25, 0.3) is 0 Å². The second kappa shape index (κ2) is 5.77. The Bertz CT molecular complexity index is 1030. The molecule has 8 heteroatoms. The van der Waals surface area contributed by atoms with E-state index in [1.807, 2.05) is 9.47 Å². The van der Waals surface area contributed by atoms with Crippen molar-refractivity contribution >= 4 is 28.6 Å². The lowest BCUT2D eigenvalue weighted by Crippen LogP contribution is -2.36. The first-order valence-electron chi connectivity index (χ1n) is 9.42. The molecule has 1 aliphatic carbocycles. The van der Waals surface area contributed by atoms with Crippen LogP contribution in [-0.2, 0) is 6.42 Å². The zero-order valence-electron chi connectivity index (χ0n) is 14.9. The summed E-state index contributed by atoms with van der Waals surface area (Å²) < 4.78 is 17.5. The lowest BCUT2D eigenvalue weighted by molar-refractivity contribution is 0.112. The normalized spacial score (nSPS) is 24.0. The monoisotopic (exact) mass is 371 g/mol. The Morgan fingerprint density at radius 3 is 2.70 bits per heavy atom. The van der Waals surface area contributed by atoms with E-state index in [4.69, 9.17) is 11.6 Å². The maximum absolute atomic E-state index is 15.6. The molecule has 1 aromatic heterocycles. The van der Waals surface area contributed by atoms with Crippen LogP contribution in [0.1, 0.15) is 47.6 Å². The average molecular weight is 371 g/mol. The minimum atomic E-state index is -0.527. The number of hydrogen-bond donors (Lipinski definition) is 3. The van der Waals surface area contributed by atoms with Crippen LogP contribution in [0.25, 0.3) is 10.9 Å². The van der Waals surface area contributed by atoms with Gasteiger partial charge in [0, 0.05) is 36.4 Å². The van der Waals surface area contributed by atoms with Gasteiger partial charge in [-0.15, -0.1) is 0 Å². The molecule has 2 unspecified atom stereocenters. The van der Waals surface area contributed by atoms with Crippen molar-refractivity contribution in [1.82, 2.24) is 4.57 Å². The van der Waals surface area contributed by atoms with E-state index in [0.717, 1.165) is 31.2 Å². The number of nitrogens with zero attached hydrogens (tertiary/aromatic N) is 2. The number of aromatic nitrogens is 1. The lowest BCUT2D eigenvalue weighted by Gasteiger charge is -2.35. The van der Waals surface area contributed by atoms with Gasteiger partial charge in [-0.05, 0) is 32.1 Å². The van der Waals surface area contributed by atoms with Gasteiger partial charge in [-0.3, -0.25) is 15.4 Å². The van der Waals surface area contributed by atoms with Crippen molar-refractivity contribution in [2.75, 3.05) is 16.9 Å². The molecule has 27 heavy (non-hydrogen) atoms. The number of halogens is 1. The molecule has 0 spiro atoms. The smallest absolute Gasteiger partial charge is 0.202 e. The predicted molar refractivity (Wildman–Crippen MR) is 102 cm³/mol. The molecule has 0 bridgehead atoms. The van der Waals surface area contributed by atoms with E-state index in [0.29, 0.717) is 30.5 Å². The van der Waals surface area contributed by atoms with E-state index in [2.05, 4.69) is 5.43 Å². The number of aryl methyl sites for hydroxylation is 1. The summed E-state index contributed by atoms with van der Waals surface area (Å²) in [5.41, 5.74) is 10.1. The predicted octanol–water partition coefficient (Wildman–Crippen LogP) is 1.43. The van der Waals surface area contributed by atoms with E-state index >= 15 is 4.39 Å². The number of aldehydes is 1. The minimum absolute atomic E-state index is 0.00777.